The van der Waals surface area contributed by atoms with Gasteiger partial charge >= 0.3 is 218 Å². The summed E-state index contributed by atoms with van der Waals surface area (Å²) in [5.41, 5.74) is 0. The normalized spacial score (nSPS) is 12.4. The molecule has 0 nitrogen and oxygen atoms in total. The second-order valence-electron chi connectivity index (χ2n) is 9.84. The topological polar surface area (TPSA) is 0 Å². The molecule has 7 aromatic carbocycles. The van der Waals surface area contributed by atoms with E-state index in [0.29, 0.717) is 14.5 Å². The molecular formula is C34H18SSe. The van der Waals surface area contributed by atoms with Gasteiger partial charge in [0.05, 0.1) is 0 Å². The van der Waals surface area contributed by atoms with Crippen molar-refractivity contribution in [3.8, 4) is 0 Å². The minimum absolute atomic E-state index is 0.333. The van der Waals surface area contributed by atoms with Gasteiger partial charge in [-0.1, -0.05) is 0 Å². The zero-order valence-electron chi connectivity index (χ0n) is 19.2. The second-order valence-corrected chi connectivity index (χ2v) is 13.2. The fraction of sp³-hybridized carbons (Fsp3) is 0. The molecule has 2 heteroatoms. The molecule has 0 fully saturated rings. The van der Waals surface area contributed by atoms with Gasteiger partial charge in [-0.05, 0) is 0 Å². The SMILES string of the molecule is c1ccc2cc3cc4c(cc3cc2c1)sc1cc2c(cc14)[se]c1cc3cc4ccccc4cc3cc12. The van der Waals surface area contributed by atoms with Gasteiger partial charge in [0.2, 0.25) is 0 Å². The number of benzene rings is 7. The van der Waals surface area contributed by atoms with Crippen LogP contribution in [0, 0.1) is 0 Å². The molecule has 36 heavy (non-hydrogen) atoms. The molecule has 0 aliphatic rings. The Labute approximate surface area is 216 Å². The molecule has 0 N–H and O–H groups in total. The summed E-state index contributed by atoms with van der Waals surface area (Å²) in [4.78, 5) is 0. The number of fused-ring (bicyclic) bond motifs is 10. The van der Waals surface area contributed by atoms with Crippen LogP contribution < -0.4 is 0 Å². The molecule has 2 aromatic heterocycles. The fourth-order valence-corrected chi connectivity index (χ4v) is 9.50. The molecule has 9 aromatic rings. The van der Waals surface area contributed by atoms with Gasteiger partial charge in [0.25, 0.3) is 0 Å². The van der Waals surface area contributed by atoms with Gasteiger partial charge in [-0.3, -0.25) is 0 Å². The van der Waals surface area contributed by atoms with Gasteiger partial charge in [0, 0.05) is 0 Å². The monoisotopic (exact) mass is 538 g/mol. The van der Waals surface area contributed by atoms with Crippen LogP contribution >= 0.6 is 11.3 Å². The van der Waals surface area contributed by atoms with Gasteiger partial charge in [-0.15, -0.1) is 0 Å². The Hall–Kier alpha value is -3.68. The van der Waals surface area contributed by atoms with Gasteiger partial charge in [-0.2, -0.15) is 0 Å². The van der Waals surface area contributed by atoms with Crippen LogP contribution in [0.15, 0.2) is 109 Å². The molecule has 0 amide bonds. The molecule has 0 saturated carbocycles. The molecule has 2 heterocycles. The summed E-state index contributed by atoms with van der Waals surface area (Å²) in [5.74, 6) is 0. The third-order valence-corrected chi connectivity index (χ3v) is 11.2. The molecule has 0 unspecified atom stereocenters. The Morgan fingerprint density at radius 3 is 1.44 bits per heavy atom. The van der Waals surface area contributed by atoms with Gasteiger partial charge in [0.15, 0.2) is 0 Å². The number of hydrogen-bond acceptors (Lipinski definition) is 1. The van der Waals surface area contributed by atoms with Crippen LogP contribution in [-0.4, -0.2) is 14.5 Å². The van der Waals surface area contributed by atoms with E-state index >= 15 is 0 Å². The van der Waals surface area contributed by atoms with Crippen LogP contribution in [0.1, 0.15) is 0 Å². The standard InChI is InChI=1S/C34H18SSe/c1-3-7-21-11-25-15-31-27(13-23(25)9-19(21)5-1)28-18-34-30(17-32(28)35-31)29-14-24-10-20-6-2-4-8-22(20)12-26(24)16-33(29)36-34/h1-18H. The van der Waals surface area contributed by atoms with E-state index in [4.69, 9.17) is 0 Å². The fourth-order valence-electron chi connectivity index (χ4n) is 5.92. The summed E-state index contributed by atoms with van der Waals surface area (Å²) in [5, 5.41) is 16.3. The van der Waals surface area contributed by atoms with Crippen molar-refractivity contribution in [2.45, 2.75) is 0 Å². The van der Waals surface area contributed by atoms with Crippen molar-refractivity contribution in [1.82, 2.24) is 0 Å². The van der Waals surface area contributed by atoms with Crippen LogP contribution in [0.3, 0.4) is 0 Å². The van der Waals surface area contributed by atoms with E-state index in [1.165, 1.54) is 82.6 Å². The molecule has 0 spiro atoms. The number of rotatable bonds is 0. The van der Waals surface area contributed by atoms with E-state index < -0.39 is 0 Å². The molecule has 0 saturated heterocycles. The van der Waals surface area contributed by atoms with Crippen LogP contribution in [-0.2, 0) is 0 Å². The van der Waals surface area contributed by atoms with E-state index in [1.807, 2.05) is 11.3 Å². The van der Waals surface area contributed by atoms with Crippen molar-refractivity contribution in [2.75, 3.05) is 0 Å². The Morgan fingerprint density at radius 2 is 0.806 bits per heavy atom. The van der Waals surface area contributed by atoms with E-state index in [9.17, 15) is 0 Å². The second kappa shape index (κ2) is 6.96. The molecule has 0 bridgehead atoms. The molecule has 9 rings (SSSR count). The predicted octanol–water partition coefficient (Wildman–Crippen LogP) is 10.0. The van der Waals surface area contributed by atoms with Crippen molar-refractivity contribution in [1.29, 1.82) is 0 Å². The van der Waals surface area contributed by atoms with Gasteiger partial charge in [-0.25, -0.2) is 0 Å². The Balaban J connectivity index is 1.34. The van der Waals surface area contributed by atoms with Crippen LogP contribution in [0.2, 0.25) is 0 Å². The first-order chi connectivity index (χ1) is 17.8. The molecule has 0 aliphatic carbocycles. The Kier molecular flexibility index (Phi) is 3.77. The van der Waals surface area contributed by atoms with Crippen molar-refractivity contribution in [2.24, 2.45) is 0 Å². The first-order valence-corrected chi connectivity index (χ1v) is 14.8. The quantitative estimate of drug-likeness (QED) is 0.133. The summed E-state index contributed by atoms with van der Waals surface area (Å²) in [6.07, 6.45) is 0. The van der Waals surface area contributed by atoms with E-state index in [0.717, 1.165) is 0 Å². The van der Waals surface area contributed by atoms with Gasteiger partial charge < -0.3 is 0 Å². The average Bonchev–Trinajstić information content (AvgIpc) is 3.42. The summed E-state index contributed by atoms with van der Waals surface area (Å²) < 4.78 is 5.81. The van der Waals surface area contributed by atoms with Gasteiger partial charge in [0.1, 0.15) is 0 Å². The van der Waals surface area contributed by atoms with Crippen molar-refractivity contribution >= 4 is 108 Å². The van der Waals surface area contributed by atoms with Crippen LogP contribution in [0.4, 0.5) is 0 Å². The van der Waals surface area contributed by atoms with Crippen molar-refractivity contribution < 1.29 is 0 Å². The Bertz CT molecular complexity index is 2200. The number of thiophene rings is 1. The van der Waals surface area contributed by atoms with Crippen LogP contribution in [0.5, 0.6) is 0 Å². The van der Waals surface area contributed by atoms with E-state index in [2.05, 4.69) is 109 Å². The summed E-state index contributed by atoms with van der Waals surface area (Å²) in [6, 6.07) is 41.4. The van der Waals surface area contributed by atoms with E-state index in [-0.39, 0.29) is 0 Å². The summed E-state index contributed by atoms with van der Waals surface area (Å²) in [6.45, 7) is 0. The minimum atomic E-state index is 0.333. The zero-order chi connectivity index (χ0) is 23.4. The van der Waals surface area contributed by atoms with Crippen molar-refractivity contribution in [3.63, 3.8) is 0 Å². The molecule has 166 valence electrons. The molecule has 0 aliphatic heterocycles. The predicted molar refractivity (Wildman–Crippen MR) is 161 cm³/mol. The average molecular weight is 538 g/mol. The Morgan fingerprint density at radius 1 is 0.361 bits per heavy atom. The first kappa shape index (κ1) is 19.5. The molecule has 0 atom stereocenters. The number of hydrogen-bond donors (Lipinski definition) is 0. The maximum absolute atomic E-state index is 2.50. The maximum atomic E-state index is 2.50. The first-order valence-electron chi connectivity index (χ1n) is 12.2. The summed E-state index contributed by atoms with van der Waals surface area (Å²) in [7, 11) is 0. The third kappa shape index (κ3) is 2.70. The van der Waals surface area contributed by atoms with Crippen molar-refractivity contribution in [3.05, 3.63) is 109 Å². The van der Waals surface area contributed by atoms with E-state index in [1.54, 1.807) is 0 Å². The third-order valence-electron chi connectivity index (χ3n) is 7.71. The summed E-state index contributed by atoms with van der Waals surface area (Å²) >= 11 is 2.27. The molecular weight excluding hydrogens is 519 g/mol. The zero-order valence-corrected chi connectivity index (χ0v) is 21.7. The molecule has 0 radical (unpaired) electrons. The van der Waals surface area contributed by atoms with Crippen LogP contribution in [0.25, 0.3) is 82.6 Å².